The van der Waals surface area contributed by atoms with E-state index < -0.39 is 0 Å². The molecule has 1 aliphatic heterocycles. The van der Waals surface area contributed by atoms with Crippen molar-refractivity contribution < 1.29 is 9.53 Å². The molecule has 2 fully saturated rings. The smallest absolute Gasteiger partial charge is 0.323 e. The molecule has 0 bridgehead atoms. The minimum atomic E-state index is -0.0551. The zero-order chi connectivity index (χ0) is 16.4. The number of anilines is 1. The molecule has 23 heavy (non-hydrogen) atoms. The van der Waals surface area contributed by atoms with E-state index in [2.05, 4.69) is 24.3 Å². The van der Waals surface area contributed by atoms with E-state index in [1.807, 2.05) is 22.6 Å². The zero-order valence-corrected chi connectivity index (χ0v) is 14.4. The van der Waals surface area contributed by atoms with Crippen LogP contribution in [0.15, 0.2) is 6.07 Å². The molecule has 1 saturated heterocycles. The van der Waals surface area contributed by atoms with Crippen LogP contribution in [0.3, 0.4) is 0 Å². The van der Waals surface area contributed by atoms with Gasteiger partial charge in [-0.2, -0.15) is 5.10 Å². The monoisotopic (exact) mass is 320 g/mol. The highest BCUT2D eigenvalue weighted by molar-refractivity contribution is 5.88. The van der Waals surface area contributed by atoms with E-state index in [1.165, 1.54) is 19.3 Å². The highest BCUT2D eigenvalue weighted by atomic mass is 16.5. The fourth-order valence-corrected chi connectivity index (χ4v) is 3.23. The first-order valence-electron chi connectivity index (χ1n) is 8.80. The van der Waals surface area contributed by atoms with Crippen molar-refractivity contribution in [3.8, 4) is 0 Å². The second-order valence-corrected chi connectivity index (χ2v) is 7.01. The predicted octanol–water partition coefficient (Wildman–Crippen LogP) is 3.34. The number of rotatable bonds is 4. The minimum Gasteiger partial charge on any atom is -0.375 e. The Kier molecular flexibility index (Phi) is 4.90. The minimum absolute atomic E-state index is 0.0551. The van der Waals surface area contributed by atoms with Gasteiger partial charge in [0.05, 0.1) is 12.2 Å². The molecular weight excluding hydrogens is 292 g/mol. The first-order valence-corrected chi connectivity index (χ1v) is 8.80. The van der Waals surface area contributed by atoms with E-state index in [0.717, 1.165) is 31.6 Å². The molecule has 0 atom stereocenters. The summed E-state index contributed by atoms with van der Waals surface area (Å²) in [5, 5.41) is 7.37. The van der Waals surface area contributed by atoms with Gasteiger partial charge in [-0.25, -0.2) is 4.79 Å². The van der Waals surface area contributed by atoms with Crippen LogP contribution in [0.4, 0.5) is 10.6 Å². The van der Waals surface area contributed by atoms with Crippen molar-refractivity contribution in [1.82, 2.24) is 14.7 Å². The Balaban J connectivity index is 1.48. The molecule has 1 aromatic heterocycles. The van der Waals surface area contributed by atoms with Gasteiger partial charge in [-0.05, 0) is 52.9 Å². The van der Waals surface area contributed by atoms with Crippen LogP contribution in [-0.2, 0) is 4.74 Å². The molecule has 1 N–H and O–H groups in total. The van der Waals surface area contributed by atoms with Gasteiger partial charge in [-0.3, -0.25) is 10.00 Å². The Morgan fingerprint density at radius 3 is 2.43 bits per heavy atom. The van der Waals surface area contributed by atoms with Crippen LogP contribution in [0.5, 0.6) is 0 Å². The van der Waals surface area contributed by atoms with Crippen LogP contribution in [-0.4, -0.2) is 46.0 Å². The van der Waals surface area contributed by atoms with Crippen LogP contribution in [0, 0.1) is 6.92 Å². The summed E-state index contributed by atoms with van der Waals surface area (Å²) in [6.45, 7) is 7.68. The van der Waals surface area contributed by atoms with Gasteiger partial charge in [0.2, 0.25) is 0 Å². The molecule has 2 amide bonds. The van der Waals surface area contributed by atoms with Gasteiger partial charge in [0, 0.05) is 30.9 Å². The number of likely N-dealkylation sites (tertiary alicyclic amines) is 1. The van der Waals surface area contributed by atoms with Gasteiger partial charge >= 0.3 is 6.03 Å². The average molecular weight is 320 g/mol. The average Bonchev–Trinajstić information content (AvgIpc) is 2.84. The van der Waals surface area contributed by atoms with Crippen LogP contribution in [0.2, 0.25) is 0 Å². The highest BCUT2D eigenvalue weighted by Crippen LogP contribution is 2.26. The van der Waals surface area contributed by atoms with Crippen molar-refractivity contribution in [2.45, 2.75) is 71.1 Å². The largest absolute Gasteiger partial charge is 0.375 e. The second kappa shape index (κ2) is 6.91. The van der Waals surface area contributed by atoms with Gasteiger partial charge in [-0.1, -0.05) is 0 Å². The third kappa shape index (κ3) is 3.86. The van der Waals surface area contributed by atoms with Crippen molar-refractivity contribution in [3.05, 3.63) is 11.8 Å². The quantitative estimate of drug-likeness (QED) is 0.925. The number of hydrogen-bond donors (Lipinski definition) is 1. The SMILES string of the molecule is Cc1cc(NC(=O)N2CCC(OC3CCC3)CC2)nn1C(C)C. The second-order valence-electron chi connectivity index (χ2n) is 7.01. The summed E-state index contributed by atoms with van der Waals surface area (Å²) in [6.07, 6.45) is 6.38. The fourth-order valence-electron chi connectivity index (χ4n) is 3.23. The normalized spacial score (nSPS) is 19.9. The number of piperidine rings is 1. The van der Waals surface area contributed by atoms with Gasteiger partial charge < -0.3 is 9.64 Å². The maximum Gasteiger partial charge on any atom is 0.323 e. The third-order valence-electron chi connectivity index (χ3n) is 4.81. The first kappa shape index (κ1) is 16.3. The van der Waals surface area contributed by atoms with Crippen LogP contribution in [0.25, 0.3) is 0 Å². The molecule has 0 spiro atoms. The van der Waals surface area contributed by atoms with Crippen molar-refractivity contribution in [2.24, 2.45) is 0 Å². The molecule has 6 heteroatoms. The molecule has 2 heterocycles. The lowest BCUT2D eigenvalue weighted by Gasteiger charge is -2.36. The number of carbonyl (C=O) groups is 1. The summed E-state index contributed by atoms with van der Waals surface area (Å²) < 4.78 is 7.97. The van der Waals surface area contributed by atoms with E-state index in [9.17, 15) is 4.79 Å². The molecule has 2 aliphatic rings. The third-order valence-corrected chi connectivity index (χ3v) is 4.81. The summed E-state index contributed by atoms with van der Waals surface area (Å²) in [4.78, 5) is 14.2. The summed E-state index contributed by atoms with van der Waals surface area (Å²) in [5.41, 5.74) is 1.06. The lowest BCUT2D eigenvalue weighted by Crippen LogP contribution is -2.44. The number of urea groups is 1. The summed E-state index contributed by atoms with van der Waals surface area (Å²) >= 11 is 0. The van der Waals surface area contributed by atoms with E-state index in [0.29, 0.717) is 24.1 Å². The van der Waals surface area contributed by atoms with Crippen molar-refractivity contribution in [2.75, 3.05) is 18.4 Å². The zero-order valence-electron chi connectivity index (χ0n) is 14.4. The van der Waals surface area contributed by atoms with Gasteiger partial charge in [0.25, 0.3) is 0 Å². The molecule has 1 saturated carbocycles. The van der Waals surface area contributed by atoms with E-state index in [4.69, 9.17) is 4.74 Å². The summed E-state index contributed by atoms with van der Waals surface area (Å²) in [7, 11) is 0. The Morgan fingerprint density at radius 2 is 1.91 bits per heavy atom. The number of carbonyl (C=O) groups excluding carboxylic acids is 1. The number of nitrogens with one attached hydrogen (secondary N) is 1. The molecule has 3 rings (SSSR count). The molecule has 0 radical (unpaired) electrons. The van der Waals surface area contributed by atoms with Crippen molar-refractivity contribution in [3.63, 3.8) is 0 Å². The van der Waals surface area contributed by atoms with Crippen LogP contribution in [0.1, 0.15) is 57.7 Å². The standard InChI is InChI=1S/C17H28N4O2/c1-12(2)21-13(3)11-16(19-21)18-17(22)20-9-7-15(8-10-20)23-14-5-4-6-14/h11-12,14-15H,4-10H2,1-3H3,(H,18,19,22). The molecule has 0 aromatic carbocycles. The number of ether oxygens (including phenoxy) is 1. The van der Waals surface area contributed by atoms with Crippen LogP contribution < -0.4 is 5.32 Å². The fraction of sp³-hybridized carbons (Fsp3) is 0.765. The Morgan fingerprint density at radius 1 is 1.26 bits per heavy atom. The van der Waals surface area contributed by atoms with E-state index in [1.54, 1.807) is 0 Å². The number of nitrogens with zero attached hydrogens (tertiary/aromatic N) is 3. The number of aromatic nitrogens is 2. The number of amides is 2. The van der Waals surface area contributed by atoms with Gasteiger partial charge in [0.15, 0.2) is 5.82 Å². The molecule has 1 aliphatic carbocycles. The Hall–Kier alpha value is -1.56. The Labute approximate surface area is 138 Å². The maximum absolute atomic E-state index is 12.4. The Bertz CT molecular complexity index is 543. The number of aryl methyl sites for hydroxylation is 1. The maximum atomic E-state index is 12.4. The number of hydrogen-bond acceptors (Lipinski definition) is 3. The van der Waals surface area contributed by atoms with Crippen molar-refractivity contribution in [1.29, 1.82) is 0 Å². The molecular formula is C17H28N4O2. The van der Waals surface area contributed by atoms with Crippen LogP contribution >= 0.6 is 0 Å². The van der Waals surface area contributed by atoms with E-state index >= 15 is 0 Å². The summed E-state index contributed by atoms with van der Waals surface area (Å²) in [5.74, 6) is 0.633. The molecule has 1 aromatic rings. The van der Waals surface area contributed by atoms with E-state index in [-0.39, 0.29) is 6.03 Å². The topological polar surface area (TPSA) is 59.4 Å². The first-order chi connectivity index (χ1) is 11.0. The predicted molar refractivity (Wildman–Crippen MR) is 89.7 cm³/mol. The van der Waals surface area contributed by atoms with Gasteiger partial charge in [-0.15, -0.1) is 0 Å². The lowest BCUT2D eigenvalue weighted by molar-refractivity contribution is -0.0694. The molecule has 6 nitrogen and oxygen atoms in total. The lowest BCUT2D eigenvalue weighted by atomic mass is 9.95. The van der Waals surface area contributed by atoms with Crippen molar-refractivity contribution >= 4 is 11.8 Å². The summed E-state index contributed by atoms with van der Waals surface area (Å²) in [6, 6.07) is 2.16. The highest BCUT2D eigenvalue weighted by Gasteiger charge is 2.27. The molecule has 128 valence electrons. The molecule has 0 unspecified atom stereocenters. The van der Waals surface area contributed by atoms with Gasteiger partial charge in [0.1, 0.15) is 0 Å².